The van der Waals surface area contributed by atoms with Crippen molar-refractivity contribution in [2.75, 3.05) is 13.7 Å². The van der Waals surface area contributed by atoms with Gasteiger partial charge in [-0.05, 0) is 37.0 Å². The van der Waals surface area contributed by atoms with Gasteiger partial charge in [0.25, 0.3) is 0 Å². The number of nitrogens with two attached hydrogens (primary N) is 1. The molecule has 0 aromatic heterocycles. The summed E-state index contributed by atoms with van der Waals surface area (Å²) in [6.45, 7) is 0.404. The molecule has 19 heavy (non-hydrogen) atoms. The van der Waals surface area contributed by atoms with Gasteiger partial charge >= 0.3 is 0 Å². The molecule has 0 amide bonds. The summed E-state index contributed by atoms with van der Waals surface area (Å²) < 4.78 is 5.57. The summed E-state index contributed by atoms with van der Waals surface area (Å²) in [7, 11) is 1.72. The van der Waals surface area contributed by atoms with Gasteiger partial charge in [0.15, 0.2) is 0 Å². The van der Waals surface area contributed by atoms with Crippen LogP contribution in [0.4, 0.5) is 0 Å². The van der Waals surface area contributed by atoms with Gasteiger partial charge in [-0.15, -0.1) is 0 Å². The van der Waals surface area contributed by atoms with E-state index in [4.69, 9.17) is 22.1 Å². The first-order valence-electron chi connectivity index (χ1n) is 6.79. The summed E-state index contributed by atoms with van der Waals surface area (Å²) >= 11 is 6.00. The number of hydrogen-bond acceptors (Lipinski definition) is 3. The summed E-state index contributed by atoms with van der Waals surface area (Å²) in [4.78, 5) is 0. The Labute approximate surface area is 119 Å². The highest BCUT2D eigenvalue weighted by Gasteiger charge is 2.40. The Hall–Kier alpha value is -0.610. The third kappa shape index (κ3) is 3.29. The van der Waals surface area contributed by atoms with Crippen LogP contribution in [-0.2, 0) is 4.74 Å². The molecule has 1 aromatic carbocycles. The fourth-order valence-electron chi connectivity index (χ4n) is 2.84. The molecule has 0 saturated heterocycles. The summed E-state index contributed by atoms with van der Waals surface area (Å²) in [5, 5.41) is 11.2. The van der Waals surface area contributed by atoms with Crippen LogP contribution in [0.3, 0.4) is 0 Å². The number of halogens is 1. The molecule has 0 heterocycles. The Morgan fingerprint density at radius 3 is 2.68 bits per heavy atom. The molecule has 0 aliphatic heterocycles. The summed E-state index contributed by atoms with van der Waals surface area (Å²) in [5.41, 5.74) is 6.68. The Balaban J connectivity index is 2.08. The highest BCUT2D eigenvalue weighted by atomic mass is 35.5. The monoisotopic (exact) mass is 283 g/mol. The van der Waals surface area contributed by atoms with E-state index in [0.29, 0.717) is 18.0 Å². The zero-order chi connectivity index (χ0) is 13.9. The fourth-order valence-corrected chi connectivity index (χ4v) is 3.04. The largest absolute Gasteiger partial charge is 0.392 e. The lowest BCUT2D eigenvalue weighted by atomic mass is 9.73. The van der Waals surface area contributed by atoms with Crippen molar-refractivity contribution in [1.82, 2.24) is 0 Å². The van der Waals surface area contributed by atoms with Crippen LogP contribution in [0.25, 0.3) is 0 Å². The number of aliphatic hydroxyl groups is 1. The average Bonchev–Trinajstić information content (AvgIpc) is 2.35. The van der Waals surface area contributed by atoms with Crippen molar-refractivity contribution in [2.24, 2.45) is 5.73 Å². The van der Waals surface area contributed by atoms with Crippen LogP contribution < -0.4 is 5.73 Å². The van der Waals surface area contributed by atoms with E-state index in [1.807, 2.05) is 24.3 Å². The lowest BCUT2D eigenvalue weighted by molar-refractivity contribution is -0.102. The second-order valence-corrected chi connectivity index (χ2v) is 5.85. The van der Waals surface area contributed by atoms with Gasteiger partial charge < -0.3 is 15.6 Å². The van der Waals surface area contributed by atoms with E-state index in [2.05, 4.69) is 0 Å². The predicted molar refractivity (Wildman–Crippen MR) is 77.5 cm³/mol. The van der Waals surface area contributed by atoms with E-state index in [0.717, 1.165) is 18.4 Å². The van der Waals surface area contributed by atoms with Crippen molar-refractivity contribution in [1.29, 1.82) is 0 Å². The molecule has 2 atom stereocenters. The van der Waals surface area contributed by atoms with Gasteiger partial charge in [0, 0.05) is 31.0 Å². The quantitative estimate of drug-likeness (QED) is 0.844. The van der Waals surface area contributed by atoms with Crippen LogP contribution in [0, 0.1) is 0 Å². The van der Waals surface area contributed by atoms with Gasteiger partial charge in [-0.1, -0.05) is 23.7 Å². The number of benzene rings is 1. The van der Waals surface area contributed by atoms with E-state index in [1.165, 1.54) is 6.42 Å². The van der Waals surface area contributed by atoms with Crippen molar-refractivity contribution >= 4 is 11.6 Å². The molecule has 1 saturated carbocycles. The van der Waals surface area contributed by atoms with Crippen molar-refractivity contribution in [3.63, 3.8) is 0 Å². The molecule has 4 heteroatoms. The number of aliphatic hydroxyl groups excluding tert-OH is 1. The van der Waals surface area contributed by atoms with E-state index < -0.39 is 6.10 Å². The smallest absolute Gasteiger partial charge is 0.0703 e. The average molecular weight is 284 g/mol. The Morgan fingerprint density at radius 2 is 2.21 bits per heavy atom. The Kier molecular flexibility index (Phi) is 4.85. The third-order valence-electron chi connectivity index (χ3n) is 4.27. The molecule has 2 rings (SSSR count). The minimum absolute atomic E-state index is 0.0914. The van der Waals surface area contributed by atoms with Gasteiger partial charge in [0.05, 0.1) is 11.7 Å². The third-order valence-corrected chi connectivity index (χ3v) is 4.51. The molecule has 0 spiro atoms. The first-order chi connectivity index (χ1) is 9.10. The lowest BCUT2D eigenvalue weighted by Gasteiger charge is -2.43. The van der Waals surface area contributed by atoms with Crippen LogP contribution in [-0.4, -0.2) is 30.5 Å². The first kappa shape index (κ1) is 14.8. The van der Waals surface area contributed by atoms with Gasteiger partial charge in [-0.2, -0.15) is 0 Å². The normalized spacial score (nSPS) is 20.6. The van der Waals surface area contributed by atoms with E-state index in [1.54, 1.807) is 7.11 Å². The van der Waals surface area contributed by atoms with Gasteiger partial charge in [-0.3, -0.25) is 0 Å². The van der Waals surface area contributed by atoms with Gasteiger partial charge in [0.1, 0.15) is 0 Å². The zero-order valence-corrected chi connectivity index (χ0v) is 12.1. The minimum Gasteiger partial charge on any atom is -0.392 e. The van der Waals surface area contributed by atoms with Crippen LogP contribution >= 0.6 is 11.6 Å². The maximum atomic E-state index is 10.5. The summed E-state index contributed by atoms with van der Waals surface area (Å²) in [5.74, 6) is -0.0914. The van der Waals surface area contributed by atoms with Gasteiger partial charge in [-0.25, -0.2) is 0 Å². The predicted octanol–water partition coefficient (Wildman–Crippen LogP) is 2.70. The van der Waals surface area contributed by atoms with Crippen LogP contribution in [0.1, 0.15) is 37.2 Å². The molecule has 3 nitrogen and oxygen atoms in total. The van der Waals surface area contributed by atoms with Gasteiger partial charge in [0.2, 0.25) is 0 Å². The van der Waals surface area contributed by atoms with Crippen molar-refractivity contribution in [3.8, 4) is 0 Å². The number of hydrogen-bond donors (Lipinski definition) is 2. The van der Waals surface area contributed by atoms with E-state index in [-0.39, 0.29) is 11.5 Å². The molecule has 1 aromatic rings. The highest BCUT2D eigenvalue weighted by molar-refractivity contribution is 6.30. The maximum absolute atomic E-state index is 10.5. The molecule has 1 aliphatic carbocycles. The molecule has 3 N–H and O–H groups in total. The minimum atomic E-state index is -0.497. The maximum Gasteiger partial charge on any atom is 0.0703 e. The Morgan fingerprint density at radius 1 is 1.47 bits per heavy atom. The molecular formula is C15H22ClNO2. The SMILES string of the molecule is COC1(CC(O)C(CN)c2cccc(Cl)c2)CCC1. The topological polar surface area (TPSA) is 55.5 Å². The number of ether oxygens (including phenoxy) is 1. The van der Waals surface area contributed by atoms with Crippen molar-refractivity contribution < 1.29 is 9.84 Å². The van der Waals surface area contributed by atoms with Crippen molar-refractivity contribution in [2.45, 2.75) is 43.3 Å². The standard InChI is InChI=1S/C15H22ClNO2/c1-19-15(6-3-7-15)9-14(18)13(10-17)11-4-2-5-12(16)8-11/h2,4-5,8,13-14,18H,3,6-7,9-10,17H2,1H3. The summed E-state index contributed by atoms with van der Waals surface area (Å²) in [6, 6.07) is 7.56. The fraction of sp³-hybridized carbons (Fsp3) is 0.600. The highest BCUT2D eigenvalue weighted by Crippen LogP contribution is 2.41. The Bertz CT molecular complexity index is 415. The van der Waals surface area contributed by atoms with Crippen LogP contribution in [0.5, 0.6) is 0 Å². The number of rotatable bonds is 6. The van der Waals surface area contributed by atoms with Crippen molar-refractivity contribution in [3.05, 3.63) is 34.9 Å². The zero-order valence-electron chi connectivity index (χ0n) is 11.3. The second kappa shape index (κ2) is 6.23. The van der Waals surface area contributed by atoms with Crippen LogP contribution in [0.15, 0.2) is 24.3 Å². The van der Waals surface area contributed by atoms with E-state index >= 15 is 0 Å². The second-order valence-electron chi connectivity index (χ2n) is 5.41. The van der Waals surface area contributed by atoms with Crippen LogP contribution in [0.2, 0.25) is 5.02 Å². The number of methoxy groups -OCH3 is 1. The first-order valence-corrected chi connectivity index (χ1v) is 7.17. The molecular weight excluding hydrogens is 262 g/mol. The molecule has 1 fully saturated rings. The lowest BCUT2D eigenvalue weighted by Crippen LogP contribution is -2.44. The molecule has 1 aliphatic rings. The molecule has 0 radical (unpaired) electrons. The summed E-state index contributed by atoms with van der Waals surface area (Å²) in [6.07, 6.45) is 3.35. The molecule has 0 bridgehead atoms. The molecule has 2 unspecified atom stereocenters. The van der Waals surface area contributed by atoms with E-state index in [9.17, 15) is 5.11 Å². The molecule has 106 valence electrons.